The van der Waals surface area contributed by atoms with Crippen LogP contribution in [0.5, 0.6) is 0 Å². The van der Waals surface area contributed by atoms with Gasteiger partial charge < -0.3 is 24.8 Å². The maximum atomic E-state index is 2.28. The predicted octanol–water partition coefficient (Wildman–Crippen LogP) is -3.46. The second-order valence-electron chi connectivity index (χ2n) is 2.33. The molecule has 0 aliphatic heterocycles. The van der Waals surface area contributed by atoms with Crippen LogP contribution >= 0.6 is 0 Å². The number of rotatable bonds is 2. The summed E-state index contributed by atoms with van der Waals surface area (Å²) in [6.07, 6.45) is 2.33. The van der Waals surface area contributed by atoms with Crippen molar-refractivity contribution in [2.75, 3.05) is 0 Å². The van der Waals surface area contributed by atoms with Crippen LogP contribution in [0.4, 0.5) is 0 Å². The smallest absolute Gasteiger partial charge is 1.00 e. The Morgan fingerprint density at radius 3 is 2.08 bits per heavy atom. The van der Waals surface area contributed by atoms with Gasteiger partial charge in [-0.25, -0.2) is 6.07 Å². The maximum Gasteiger partial charge on any atom is 3.00 e. The first kappa shape index (κ1) is 18.6. The number of halogens is 2. The molecular formula is C9H13Cl2Zr. The normalized spacial score (nSPS) is 7.50. The summed E-state index contributed by atoms with van der Waals surface area (Å²) in [6.45, 7) is 4.38. The molecule has 1 aromatic rings. The number of hydrogen-bond acceptors (Lipinski definition) is 0. The third kappa shape index (κ3) is 5.46. The zero-order chi connectivity index (χ0) is 6.69. The van der Waals surface area contributed by atoms with Crippen LogP contribution in [-0.2, 0) is 39.0 Å². The van der Waals surface area contributed by atoms with E-state index in [1.165, 1.54) is 24.0 Å². The molecule has 0 aliphatic rings. The summed E-state index contributed by atoms with van der Waals surface area (Å²) in [5.74, 6) is 0. The molecule has 0 bridgehead atoms. The number of hydrogen-bond donors (Lipinski definition) is 0. The van der Waals surface area contributed by atoms with Gasteiger partial charge in [0.1, 0.15) is 0 Å². The topological polar surface area (TPSA) is 0 Å². The predicted molar refractivity (Wildman–Crippen MR) is 40.8 cm³/mol. The molecule has 3 heteroatoms. The van der Waals surface area contributed by atoms with E-state index in [2.05, 4.69) is 32.0 Å². The second kappa shape index (κ2) is 9.90. The Balaban J connectivity index is -0.000000270. The van der Waals surface area contributed by atoms with Crippen LogP contribution < -0.4 is 24.8 Å². The van der Waals surface area contributed by atoms with Crippen molar-refractivity contribution < 1.29 is 51.0 Å². The van der Waals surface area contributed by atoms with Gasteiger partial charge in [-0.15, -0.1) is 0 Å². The summed E-state index contributed by atoms with van der Waals surface area (Å²) in [7, 11) is 0. The average molecular weight is 283 g/mol. The molecule has 0 atom stereocenters. The van der Waals surface area contributed by atoms with Gasteiger partial charge in [-0.3, -0.25) is 0 Å². The summed E-state index contributed by atoms with van der Waals surface area (Å²) >= 11 is 0. The van der Waals surface area contributed by atoms with Gasteiger partial charge in [0, 0.05) is 0 Å². The fourth-order valence-electron chi connectivity index (χ4n) is 0.988. The fraction of sp³-hybridized carbons (Fsp3) is 0.444. The van der Waals surface area contributed by atoms with Gasteiger partial charge in [0.25, 0.3) is 0 Å². The van der Waals surface area contributed by atoms with Crippen molar-refractivity contribution >= 4 is 0 Å². The molecule has 0 fully saturated rings. The monoisotopic (exact) mass is 281 g/mol. The van der Waals surface area contributed by atoms with E-state index >= 15 is 0 Å². The Morgan fingerprint density at radius 2 is 1.83 bits per heavy atom. The average Bonchev–Trinajstić information content (AvgIpc) is 2.34. The molecule has 67 valence electrons. The quantitative estimate of drug-likeness (QED) is 0.495. The molecule has 0 aliphatic carbocycles. The van der Waals surface area contributed by atoms with Crippen LogP contribution in [0, 0.1) is 0 Å². The van der Waals surface area contributed by atoms with Gasteiger partial charge in [0.2, 0.25) is 0 Å². The number of aryl methyl sites for hydroxylation is 2. The largest absolute Gasteiger partial charge is 3.00 e. The van der Waals surface area contributed by atoms with E-state index in [1.54, 1.807) is 0 Å². The van der Waals surface area contributed by atoms with Crippen LogP contribution in [-0.4, -0.2) is 0 Å². The van der Waals surface area contributed by atoms with E-state index < -0.39 is 0 Å². The van der Waals surface area contributed by atoms with Crippen LogP contribution in [0.2, 0.25) is 0 Å². The minimum Gasteiger partial charge on any atom is -1.00 e. The molecule has 0 aromatic heterocycles. The third-order valence-corrected chi connectivity index (χ3v) is 1.70. The first-order valence-corrected chi connectivity index (χ1v) is 3.61. The van der Waals surface area contributed by atoms with Gasteiger partial charge in [-0.05, 0) is 0 Å². The first-order chi connectivity index (χ1) is 4.36. The first-order valence-electron chi connectivity index (χ1n) is 3.61. The zero-order valence-corrected chi connectivity index (χ0v) is 11.4. The summed E-state index contributed by atoms with van der Waals surface area (Å²) in [6, 6.07) is 6.69. The summed E-state index contributed by atoms with van der Waals surface area (Å²) in [5.41, 5.74) is 2.93. The van der Waals surface area contributed by atoms with Crippen molar-refractivity contribution in [3.8, 4) is 0 Å². The third-order valence-electron chi connectivity index (χ3n) is 1.70. The molecule has 1 rings (SSSR count). The minimum absolute atomic E-state index is 0. The van der Waals surface area contributed by atoms with Crippen LogP contribution in [0.3, 0.4) is 0 Å². The van der Waals surface area contributed by atoms with Gasteiger partial charge in [0.15, 0.2) is 0 Å². The molecule has 0 spiro atoms. The van der Waals surface area contributed by atoms with Crippen LogP contribution in [0.1, 0.15) is 25.0 Å². The minimum atomic E-state index is 0. The maximum absolute atomic E-state index is 2.28. The van der Waals surface area contributed by atoms with Crippen molar-refractivity contribution in [2.24, 2.45) is 0 Å². The zero-order valence-electron chi connectivity index (χ0n) is 7.40. The summed E-state index contributed by atoms with van der Waals surface area (Å²) in [4.78, 5) is 0. The Morgan fingerprint density at radius 1 is 1.25 bits per heavy atom. The van der Waals surface area contributed by atoms with Crippen molar-refractivity contribution in [1.29, 1.82) is 0 Å². The molecular weight excluding hydrogens is 270 g/mol. The standard InChI is InChI=1S/C9H13.2ClH.Zr/c1-3-8-5-6-9(4-2)7-8;;;/h5-7H,3-4H2,1-2H3;2*1H;/q-1;;;+3/p-2. The van der Waals surface area contributed by atoms with Crippen molar-refractivity contribution in [2.45, 2.75) is 26.7 Å². The molecule has 0 saturated carbocycles. The molecule has 0 saturated heterocycles. The van der Waals surface area contributed by atoms with Gasteiger partial charge in [-0.2, -0.15) is 23.3 Å². The Bertz CT molecular complexity index is 166. The molecule has 0 heterocycles. The summed E-state index contributed by atoms with van der Waals surface area (Å²) in [5, 5.41) is 0. The molecule has 0 amide bonds. The van der Waals surface area contributed by atoms with Crippen LogP contribution in [0.25, 0.3) is 0 Å². The van der Waals surface area contributed by atoms with Crippen molar-refractivity contribution in [3.05, 3.63) is 29.3 Å². The molecule has 0 N–H and O–H groups in total. The van der Waals surface area contributed by atoms with E-state index in [9.17, 15) is 0 Å². The molecule has 1 aromatic carbocycles. The van der Waals surface area contributed by atoms with Gasteiger partial charge in [0.05, 0.1) is 0 Å². The van der Waals surface area contributed by atoms with Crippen molar-refractivity contribution in [1.82, 2.24) is 0 Å². The SMILES string of the molecule is CCc1cc[c-](CC)c1.[Cl-].[Cl-].[Zr+3]. The van der Waals surface area contributed by atoms with Crippen LogP contribution in [0.15, 0.2) is 18.2 Å². The Labute approximate surface area is 106 Å². The fourth-order valence-corrected chi connectivity index (χ4v) is 0.988. The van der Waals surface area contributed by atoms with E-state index in [0.29, 0.717) is 0 Å². The van der Waals surface area contributed by atoms with Gasteiger partial charge >= 0.3 is 26.2 Å². The van der Waals surface area contributed by atoms with E-state index in [1.807, 2.05) is 0 Å². The van der Waals surface area contributed by atoms with E-state index in [4.69, 9.17) is 0 Å². The Kier molecular flexibility index (Phi) is 15.3. The summed E-state index contributed by atoms with van der Waals surface area (Å²) < 4.78 is 0. The molecule has 0 unspecified atom stereocenters. The van der Waals surface area contributed by atoms with E-state index in [0.717, 1.165) is 0 Å². The molecule has 1 radical (unpaired) electrons. The van der Waals surface area contributed by atoms with Crippen molar-refractivity contribution in [3.63, 3.8) is 0 Å². The Hall–Kier alpha value is 0.813. The molecule has 12 heavy (non-hydrogen) atoms. The second-order valence-corrected chi connectivity index (χ2v) is 2.33. The molecule has 0 nitrogen and oxygen atoms in total. The van der Waals surface area contributed by atoms with Gasteiger partial charge in [-0.1, -0.05) is 26.7 Å². The van der Waals surface area contributed by atoms with E-state index in [-0.39, 0.29) is 51.0 Å².